The molecule has 22 heavy (non-hydrogen) atoms. The number of nitrogens with zero attached hydrogens (tertiary/aromatic N) is 3. The van der Waals surface area contributed by atoms with Crippen LogP contribution < -0.4 is 5.56 Å². The van der Waals surface area contributed by atoms with E-state index >= 15 is 0 Å². The summed E-state index contributed by atoms with van der Waals surface area (Å²) in [4.78, 5) is 19.0. The number of rotatable bonds is 4. The minimum atomic E-state index is -0.0852. The second-order valence-corrected chi connectivity index (χ2v) is 7.75. The van der Waals surface area contributed by atoms with Crippen molar-refractivity contribution in [1.82, 2.24) is 14.8 Å². The average Bonchev–Trinajstić information content (AvgIpc) is 3.10. The summed E-state index contributed by atoms with van der Waals surface area (Å²) in [5, 5.41) is 7.75. The first-order valence-electron chi connectivity index (χ1n) is 7.28. The van der Waals surface area contributed by atoms with Gasteiger partial charge in [-0.15, -0.1) is 22.7 Å². The van der Waals surface area contributed by atoms with Crippen LogP contribution in [0.3, 0.4) is 0 Å². The van der Waals surface area contributed by atoms with E-state index in [9.17, 15) is 4.79 Å². The molecule has 3 heterocycles. The van der Waals surface area contributed by atoms with Gasteiger partial charge >= 0.3 is 0 Å². The second kappa shape index (κ2) is 5.44. The van der Waals surface area contributed by atoms with Gasteiger partial charge in [0.15, 0.2) is 0 Å². The van der Waals surface area contributed by atoms with Gasteiger partial charge < -0.3 is 0 Å². The molecule has 0 N–H and O–H groups in total. The SMILES string of the molecule is Cc1ccc(-c2ccc(=O)n(Cc3csc(C4CC4)n3)n2)s1. The van der Waals surface area contributed by atoms with Crippen LogP contribution in [0.25, 0.3) is 10.6 Å². The number of thiazole rings is 1. The molecule has 4 rings (SSSR count). The van der Waals surface area contributed by atoms with Gasteiger partial charge in [-0.1, -0.05) is 0 Å². The largest absolute Gasteiger partial charge is 0.268 e. The van der Waals surface area contributed by atoms with E-state index in [0.29, 0.717) is 12.5 Å². The van der Waals surface area contributed by atoms with Gasteiger partial charge in [0, 0.05) is 22.2 Å². The smallest absolute Gasteiger partial charge is 0.267 e. The van der Waals surface area contributed by atoms with Crippen molar-refractivity contribution in [3.05, 3.63) is 55.6 Å². The molecule has 0 atom stereocenters. The van der Waals surface area contributed by atoms with Crippen LogP contribution in [0.15, 0.2) is 34.4 Å². The molecule has 0 radical (unpaired) electrons. The first kappa shape index (κ1) is 13.8. The van der Waals surface area contributed by atoms with Crippen molar-refractivity contribution in [2.45, 2.75) is 32.2 Å². The minimum absolute atomic E-state index is 0.0852. The Bertz CT molecular complexity index is 873. The molecule has 3 aromatic heterocycles. The highest BCUT2D eigenvalue weighted by Crippen LogP contribution is 2.41. The van der Waals surface area contributed by atoms with E-state index in [0.717, 1.165) is 16.3 Å². The molecule has 1 saturated carbocycles. The molecule has 0 aliphatic heterocycles. The predicted molar refractivity (Wildman–Crippen MR) is 89.7 cm³/mol. The Morgan fingerprint density at radius 2 is 2.14 bits per heavy atom. The zero-order valence-corrected chi connectivity index (χ0v) is 13.8. The number of aromatic nitrogens is 3. The molecule has 0 unspecified atom stereocenters. The Labute approximate surface area is 136 Å². The molecule has 4 nitrogen and oxygen atoms in total. The van der Waals surface area contributed by atoms with E-state index in [1.165, 1.54) is 27.4 Å². The van der Waals surface area contributed by atoms with Crippen LogP contribution in [0.5, 0.6) is 0 Å². The number of thiophene rings is 1. The van der Waals surface area contributed by atoms with Gasteiger partial charge in [0.25, 0.3) is 5.56 Å². The zero-order chi connectivity index (χ0) is 15.1. The third kappa shape index (κ3) is 2.76. The molecule has 0 aromatic carbocycles. The quantitative estimate of drug-likeness (QED) is 0.734. The van der Waals surface area contributed by atoms with Gasteiger partial charge in [0.1, 0.15) is 5.69 Å². The number of aryl methyl sites for hydroxylation is 1. The first-order valence-corrected chi connectivity index (χ1v) is 8.98. The van der Waals surface area contributed by atoms with Crippen molar-refractivity contribution in [2.24, 2.45) is 0 Å². The van der Waals surface area contributed by atoms with Crippen molar-refractivity contribution in [1.29, 1.82) is 0 Å². The van der Waals surface area contributed by atoms with Crippen LogP contribution in [-0.4, -0.2) is 14.8 Å². The lowest BCUT2D eigenvalue weighted by Crippen LogP contribution is -2.22. The zero-order valence-electron chi connectivity index (χ0n) is 12.2. The molecule has 1 aliphatic rings. The first-order chi connectivity index (χ1) is 10.7. The van der Waals surface area contributed by atoms with Crippen molar-refractivity contribution in [2.75, 3.05) is 0 Å². The second-order valence-electron chi connectivity index (χ2n) is 5.58. The maximum absolute atomic E-state index is 12.0. The van der Waals surface area contributed by atoms with Gasteiger partial charge in [-0.25, -0.2) is 9.67 Å². The van der Waals surface area contributed by atoms with Crippen molar-refractivity contribution in [3.63, 3.8) is 0 Å². The maximum Gasteiger partial charge on any atom is 0.267 e. The fraction of sp³-hybridized carbons (Fsp3) is 0.312. The van der Waals surface area contributed by atoms with E-state index in [1.54, 1.807) is 34.8 Å². The minimum Gasteiger partial charge on any atom is -0.268 e. The third-order valence-electron chi connectivity index (χ3n) is 3.67. The Hall–Kier alpha value is -1.79. The molecule has 1 aliphatic carbocycles. The molecule has 112 valence electrons. The van der Waals surface area contributed by atoms with E-state index in [1.807, 2.05) is 11.4 Å². The molecular formula is C16H15N3OS2. The number of hydrogen-bond acceptors (Lipinski definition) is 5. The van der Waals surface area contributed by atoms with Gasteiger partial charge in [-0.3, -0.25) is 4.79 Å². The third-order valence-corrected chi connectivity index (χ3v) is 5.75. The van der Waals surface area contributed by atoms with Crippen molar-refractivity contribution < 1.29 is 0 Å². The van der Waals surface area contributed by atoms with E-state index < -0.39 is 0 Å². The summed E-state index contributed by atoms with van der Waals surface area (Å²) in [6.07, 6.45) is 2.50. The fourth-order valence-corrected chi connectivity index (χ4v) is 4.15. The predicted octanol–water partition coefficient (Wildman–Crippen LogP) is 3.66. The van der Waals surface area contributed by atoms with Gasteiger partial charge in [0.05, 0.1) is 22.1 Å². The summed E-state index contributed by atoms with van der Waals surface area (Å²) in [5.74, 6) is 0.656. The molecule has 6 heteroatoms. The molecule has 0 amide bonds. The summed E-state index contributed by atoms with van der Waals surface area (Å²) in [7, 11) is 0. The van der Waals surface area contributed by atoms with Crippen LogP contribution in [0, 0.1) is 6.92 Å². The molecule has 1 fully saturated rings. The fourth-order valence-electron chi connectivity index (χ4n) is 2.33. The van der Waals surface area contributed by atoms with Crippen LogP contribution >= 0.6 is 22.7 Å². The summed E-state index contributed by atoms with van der Waals surface area (Å²) in [6, 6.07) is 7.50. The van der Waals surface area contributed by atoms with Crippen LogP contribution in [0.2, 0.25) is 0 Å². The lowest BCUT2D eigenvalue weighted by Gasteiger charge is -2.04. The molecule has 3 aromatic rings. The summed E-state index contributed by atoms with van der Waals surface area (Å²) in [6.45, 7) is 2.51. The van der Waals surface area contributed by atoms with Crippen molar-refractivity contribution in [3.8, 4) is 10.6 Å². The lowest BCUT2D eigenvalue weighted by atomic mass is 10.3. The molecule has 0 saturated heterocycles. The van der Waals surface area contributed by atoms with Crippen molar-refractivity contribution >= 4 is 22.7 Å². The van der Waals surface area contributed by atoms with E-state index in [2.05, 4.69) is 23.1 Å². The summed E-state index contributed by atoms with van der Waals surface area (Å²) >= 11 is 3.38. The monoisotopic (exact) mass is 329 g/mol. The van der Waals surface area contributed by atoms with Crippen LogP contribution in [0.1, 0.15) is 34.3 Å². The average molecular weight is 329 g/mol. The normalized spacial score (nSPS) is 14.4. The van der Waals surface area contributed by atoms with Gasteiger partial charge in [-0.2, -0.15) is 5.10 Å². The van der Waals surface area contributed by atoms with Crippen LogP contribution in [-0.2, 0) is 6.54 Å². The molecule has 0 spiro atoms. The topological polar surface area (TPSA) is 47.8 Å². The molecule has 0 bridgehead atoms. The Morgan fingerprint density at radius 3 is 2.86 bits per heavy atom. The lowest BCUT2D eigenvalue weighted by molar-refractivity contribution is 0.633. The number of hydrogen-bond donors (Lipinski definition) is 0. The Kier molecular flexibility index (Phi) is 3.43. The highest BCUT2D eigenvalue weighted by molar-refractivity contribution is 7.15. The summed E-state index contributed by atoms with van der Waals surface area (Å²) in [5.41, 5.74) is 1.69. The standard InChI is InChI=1S/C16H15N3OS2/c1-10-2-6-14(22-10)13-5-7-15(20)19(18-13)8-12-9-21-16(17-12)11-3-4-11/h2,5-7,9,11H,3-4,8H2,1H3. The van der Waals surface area contributed by atoms with E-state index in [-0.39, 0.29) is 5.56 Å². The Balaban J connectivity index is 1.63. The van der Waals surface area contributed by atoms with Crippen LogP contribution in [0.4, 0.5) is 0 Å². The highest BCUT2D eigenvalue weighted by atomic mass is 32.1. The van der Waals surface area contributed by atoms with Gasteiger partial charge in [-0.05, 0) is 38.0 Å². The molecular weight excluding hydrogens is 314 g/mol. The van der Waals surface area contributed by atoms with E-state index in [4.69, 9.17) is 0 Å². The highest BCUT2D eigenvalue weighted by Gasteiger charge is 2.26. The maximum atomic E-state index is 12.0. The Morgan fingerprint density at radius 1 is 1.27 bits per heavy atom. The summed E-state index contributed by atoms with van der Waals surface area (Å²) < 4.78 is 1.51. The van der Waals surface area contributed by atoms with Gasteiger partial charge in [0.2, 0.25) is 0 Å².